The van der Waals surface area contributed by atoms with Crippen LogP contribution in [0.1, 0.15) is 41.1 Å². The van der Waals surface area contributed by atoms with Crippen molar-refractivity contribution in [2.75, 3.05) is 0 Å². The standard InChI is InChI=1S/C12H12O2/c13-8-9-1-3-10(4-2-9)11-5-6-12(14)7-11/h1-4,8,11H,5-7H2. The average molecular weight is 188 g/mol. The van der Waals surface area contributed by atoms with Crippen molar-refractivity contribution in [3.63, 3.8) is 0 Å². The van der Waals surface area contributed by atoms with Gasteiger partial charge in [-0.15, -0.1) is 0 Å². The molecule has 1 fully saturated rings. The smallest absolute Gasteiger partial charge is 0.150 e. The first-order valence-corrected chi connectivity index (χ1v) is 4.86. The van der Waals surface area contributed by atoms with Crippen LogP contribution < -0.4 is 0 Å². The molecular formula is C12H12O2. The Balaban J connectivity index is 2.16. The third-order valence-electron chi connectivity index (χ3n) is 2.79. The largest absolute Gasteiger partial charge is 0.300 e. The summed E-state index contributed by atoms with van der Waals surface area (Å²) in [4.78, 5) is 21.5. The maximum atomic E-state index is 11.1. The molecule has 2 nitrogen and oxygen atoms in total. The molecule has 1 saturated carbocycles. The monoisotopic (exact) mass is 188 g/mol. The van der Waals surface area contributed by atoms with Crippen LogP contribution in [0.3, 0.4) is 0 Å². The van der Waals surface area contributed by atoms with E-state index >= 15 is 0 Å². The lowest BCUT2D eigenvalue weighted by Crippen LogP contribution is -1.94. The summed E-state index contributed by atoms with van der Waals surface area (Å²) in [6.07, 6.45) is 3.17. The molecule has 0 bridgehead atoms. The van der Waals surface area contributed by atoms with Crippen molar-refractivity contribution >= 4 is 12.1 Å². The molecule has 0 amide bonds. The van der Waals surface area contributed by atoms with Crippen LogP contribution in [-0.4, -0.2) is 12.1 Å². The topological polar surface area (TPSA) is 34.1 Å². The third-order valence-corrected chi connectivity index (χ3v) is 2.79. The molecule has 0 N–H and O–H groups in total. The summed E-state index contributed by atoms with van der Waals surface area (Å²) in [5, 5.41) is 0. The molecule has 1 aromatic rings. The van der Waals surface area contributed by atoms with Gasteiger partial charge in [0, 0.05) is 18.4 Å². The SMILES string of the molecule is O=Cc1ccc(C2CCC(=O)C2)cc1. The van der Waals surface area contributed by atoms with Gasteiger partial charge in [-0.1, -0.05) is 24.3 Å². The molecule has 2 heteroatoms. The van der Waals surface area contributed by atoms with E-state index in [2.05, 4.69) is 0 Å². The maximum Gasteiger partial charge on any atom is 0.150 e. The summed E-state index contributed by atoms with van der Waals surface area (Å²) in [7, 11) is 0. The second-order valence-corrected chi connectivity index (χ2v) is 3.76. The van der Waals surface area contributed by atoms with Gasteiger partial charge in [0.2, 0.25) is 0 Å². The molecule has 1 atom stereocenters. The molecule has 1 aliphatic carbocycles. The lowest BCUT2D eigenvalue weighted by atomic mass is 9.97. The van der Waals surface area contributed by atoms with E-state index in [1.165, 1.54) is 5.56 Å². The normalized spacial score (nSPS) is 21.1. The molecule has 1 aliphatic rings. The molecule has 2 rings (SSSR count). The second kappa shape index (κ2) is 3.74. The van der Waals surface area contributed by atoms with Gasteiger partial charge >= 0.3 is 0 Å². The van der Waals surface area contributed by atoms with Crippen LogP contribution in [0.2, 0.25) is 0 Å². The van der Waals surface area contributed by atoms with Gasteiger partial charge in [0.05, 0.1) is 0 Å². The van der Waals surface area contributed by atoms with E-state index in [4.69, 9.17) is 0 Å². The molecular weight excluding hydrogens is 176 g/mol. The highest BCUT2D eigenvalue weighted by Crippen LogP contribution is 2.31. The van der Waals surface area contributed by atoms with Gasteiger partial charge in [-0.3, -0.25) is 9.59 Å². The molecule has 14 heavy (non-hydrogen) atoms. The Labute approximate surface area is 82.9 Å². The minimum atomic E-state index is 0.356. The van der Waals surface area contributed by atoms with Crippen molar-refractivity contribution in [2.24, 2.45) is 0 Å². The van der Waals surface area contributed by atoms with Gasteiger partial charge in [0.1, 0.15) is 12.1 Å². The summed E-state index contributed by atoms with van der Waals surface area (Å²) in [6, 6.07) is 7.52. The lowest BCUT2D eigenvalue weighted by Gasteiger charge is -2.07. The number of carbonyl (C=O) groups is 2. The number of hydrogen-bond donors (Lipinski definition) is 0. The van der Waals surface area contributed by atoms with E-state index in [1.54, 1.807) is 0 Å². The van der Waals surface area contributed by atoms with Crippen molar-refractivity contribution in [3.8, 4) is 0 Å². The molecule has 0 heterocycles. The molecule has 0 aliphatic heterocycles. The first-order chi connectivity index (χ1) is 6.79. The first-order valence-electron chi connectivity index (χ1n) is 4.86. The van der Waals surface area contributed by atoms with Crippen molar-refractivity contribution < 1.29 is 9.59 Å². The van der Waals surface area contributed by atoms with Crippen molar-refractivity contribution in [1.82, 2.24) is 0 Å². The Morgan fingerprint density at radius 3 is 2.43 bits per heavy atom. The van der Waals surface area contributed by atoms with Gasteiger partial charge in [-0.2, -0.15) is 0 Å². The van der Waals surface area contributed by atoms with E-state index in [-0.39, 0.29) is 0 Å². The van der Waals surface area contributed by atoms with Crippen LogP contribution in [0.4, 0.5) is 0 Å². The zero-order chi connectivity index (χ0) is 9.97. The number of ketones is 1. The van der Waals surface area contributed by atoms with Gasteiger partial charge in [0.15, 0.2) is 0 Å². The number of aldehydes is 1. The Kier molecular flexibility index (Phi) is 2.44. The number of carbonyl (C=O) groups excluding carboxylic acids is 2. The van der Waals surface area contributed by atoms with Gasteiger partial charge in [-0.05, 0) is 17.9 Å². The fourth-order valence-corrected chi connectivity index (χ4v) is 1.95. The Bertz CT molecular complexity index is 351. The average Bonchev–Trinajstić information content (AvgIpc) is 2.65. The van der Waals surface area contributed by atoms with E-state index in [9.17, 15) is 9.59 Å². The van der Waals surface area contributed by atoms with Crippen LogP contribution in [0.5, 0.6) is 0 Å². The molecule has 0 saturated heterocycles. The number of hydrogen-bond acceptors (Lipinski definition) is 2. The predicted octanol–water partition coefficient (Wildman–Crippen LogP) is 2.34. The van der Waals surface area contributed by atoms with E-state index in [0.29, 0.717) is 30.1 Å². The van der Waals surface area contributed by atoms with Crippen LogP contribution in [0, 0.1) is 0 Å². The van der Waals surface area contributed by atoms with Crippen LogP contribution >= 0.6 is 0 Å². The highest BCUT2D eigenvalue weighted by Gasteiger charge is 2.23. The summed E-state index contributed by atoms with van der Waals surface area (Å²) >= 11 is 0. The zero-order valence-electron chi connectivity index (χ0n) is 7.90. The number of Topliss-reactive ketones (excluding diaryl/α,β-unsaturated/α-hetero) is 1. The fraction of sp³-hybridized carbons (Fsp3) is 0.333. The van der Waals surface area contributed by atoms with Crippen LogP contribution in [-0.2, 0) is 4.79 Å². The summed E-state index contributed by atoms with van der Waals surface area (Å²) in [6.45, 7) is 0. The predicted molar refractivity (Wildman–Crippen MR) is 53.4 cm³/mol. The Morgan fingerprint density at radius 1 is 1.21 bits per heavy atom. The van der Waals surface area contributed by atoms with E-state index < -0.39 is 0 Å². The molecule has 1 unspecified atom stereocenters. The second-order valence-electron chi connectivity index (χ2n) is 3.76. The van der Waals surface area contributed by atoms with Gasteiger partial charge in [0.25, 0.3) is 0 Å². The maximum absolute atomic E-state index is 11.1. The summed E-state index contributed by atoms with van der Waals surface area (Å²) < 4.78 is 0. The first kappa shape index (κ1) is 9.13. The van der Waals surface area contributed by atoms with Gasteiger partial charge in [-0.25, -0.2) is 0 Å². The van der Waals surface area contributed by atoms with E-state index in [1.807, 2.05) is 24.3 Å². The van der Waals surface area contributed by atoms with Crippen LogP contribution in [0.25, 0.3) is 0 Å². The highest BCUT2D eigenvalue weighted by molar-refractivity contribution is 5.81. The summed E-state index contributed by atoms with van der Waals surface area (Å²) in [5.41, 5.74) is 1.87. The number of benzene rings is 1. The minimum absolute atomic E-state index is 0.356. The minimum Gasteiger partial charge on any atom is -0.300 e. The van der Waals surface area contributed by atoms with Gasteiger partial charge < -0.3 is 0 Å². The van der Waals surface area contributed by atoms with Crippen molar-refractivity contribution in [3.05, 3.63) is 35.4 Å². The Morgan fingerprint density at radius 2 is 1.93 bits per heavy atom. The number of rotatable bonds is 2. The fourth-order valence-electron chi connectivity index (χ4n) is 1.95. The van der Waals surface area contributed by atoms with E-state index in [0.717, 1.165) is 12.7 Å². The molecule has 0 radical (unpaired) electrons. The van der Waals surface area contributed by atoms with Crippen molar-refractivity contribution in [1.29, 1.82) is 0 Å². The molecule has 1 aromatic carbocycles. The highest BCUT2D eigenvalue weighted by atomic mass is 16.1. The zero-order valence-corrected chi connectivity index (χ0v) is 7.90. The van der Waals surface area contributed by atoms with Crippen molar-refractivity contribution in [2.45, 2.75) is 25.2 Å². The summed E-state index contributed by atoms with van der Waals surface area (Å²) in [5.74, 6) is 0.734. The Hall–Kier alpha value is -1.44. The molecule has 0 spiro atoms. The molecule has 72 valence electrons. The quantitative estimate of drug-likeness (QED) is 0.667. The lowest BCUT2D eigenvalue weighted by molar-refractivity contribution is -0.117. The van der Waals surface area contributed by atoms with Crippen LogP contribution in [0.15, 0.2) is 24.3 Å². The molecule has 0 aromatic heterocycles. The third kappa shape index (κ3) is 1.74.